The van der Waals surface area contributed by atoms with E-state index in [0.717, 1.165) is 0 Å². The Kier molecular flexibility index (Phi) is 8.09. The SMILES string of the molecule is CC#CC(CC)OC(=O)CCCC(=O)Oc1ccccc1Cl. The van der Waals surface area contributed by atoms with E-state index in [1.54, 1.807) is 31.2 Å². The quantitative estimate of drug-likeness (QED) is 0.436. The van der Waals surface area contributed by atoms with Gasteiger partial charge in [-0.05, 0) is 31.9 Å². The summed E-state index contributed by atoms with van der Waals surface area (Å²) in [4.78, 5) is 23.3. The highest BCUT2D eigenvalue weighted by Gasteiger charge is 2.12. The predicted octanol–water partition coefficient (Wildman–Crippen LogP) is 3.76. The molecule has 22 heavy (non-hydrogen) atoms. The van der Waals surface area contributed by atoms with Crippen molar-refractivity contribution in [3.63, 3.8) is 0 Å². The van der Waals surface area contributed by atoms with Gasteiger partial charge < -0.3 is 9.47 Å². The Labute approximate surface area is 135 Å². The van der Waals surface area contributed by atoms with E-state index in [2.05, 4.69) is 11.8 Å². The minimum Gasteiger partial charge on any atom is -0.449 e. The Hall–Kier alpha value is -1.99. The summed E-state index contributed by atoms with van der Waals surface area (Å²) in [6.45, 7) is 3.59. The van der Waals surface area contributed by atoms with Crippen LogP contribution in [0.5, 0.6) is 5.75 Å². The van der Waals surface area contributed by atoms with Gasteiger partial charge in [0.15, 0.2) is 6.10 Å². The number of benzene rings is 1. The molecule has 1 aromatic rings. The first-order valence-electron chi connectivity index (χ1n) is 7.13. The van der Waals surface area contributed by atoms with Gasteiger partial charge in [-0.2, -0.15) is 0 Å². The van der Waals surface area contributed by atoms with Crippen molar-refractivity contribution in [2.24, 2.45) is 0 Å². The normalized spacial score (nSPS) is 11.0. The number of para-hydroxylation sites is 1. The predicted molar refractivity (Wildman–Crippen MR) is 84.6 cm³/mol. The molecule has 0 heterocycles. The van der Waals surface area contributed by atoms with Crippen molar-refractivity contribution in [1.29, 1.82) is 0 Å². The smallest absolute Gasteiger partial charge is 0.311 e. The lowest BCUT2D eigenvalue weighted by molar-refractivity contribution is -0.146. The summed E-state index contributed by atoms with van der Waals surface area (Å²) in [7, 11) is 0. The van der Waals surface area contributed by atoms with Gasteiger partial charge in [-0.1, -0.05) is 36.6 Å². The van der Waals surface area contributed by atoms with Crippen LogP contribution in [0.25, 0.3) is 0 Å². The Morgan fingerprint density at radius 2 is 1.91 bits per heavy atom. The summed E-state index contributed by atoms with van der Waals surface area (Å²) < 4.78 is 10.3. The summed E-state index contributed by atoms with van der Waals surface area (Å²) in [5.74, 6) is 5.05. The zero-order valence-electron chi connectivity index (χ0n) is 12.7. The van der Waals surface area contributed by atoms with Gasteiger partial charge in [0.05, 0.1) is 5.02 Å². The molecule has 0 spiro atoms. The van der Waals surface area contributed by atoms with Gasteiger partial charge in [0.2, 0.25) is 0 Å². The standard InChI is InChI=1S/C17H19ClO4/c1-3-8-13(4-2)21-16(19)11-7-12-17(20)22-15-10-6-5-9-14(15)18/h5-6,9-10,13H,4,7,11-12H2,1-2H3. The van der Waals surface area contributed by atoms with Gasteiger partial charge >= 0.3 is 11.9 Å². The summed E-state index contributed by atoms with van der Waals surface area (Å²) in [5, 5.41) is 0.374. The molecule has 0 aromatic heterocycles. The van der Waals surface area contributed by atoms with Crippen molar-refractivity contribution in [1.82, 2.24) is 0 Å². The second-order valence-corrected chi connectivity index (χ2v) is 4.95. The highest BCUT2D eigenvalue weighted by atomic mass is 35.5. The average molecular weight is 323 g/mol. The maximum Gasteiger partial charge on any atom is 0.311 e. The van der Waals surface area contributed by atoms with Crippen LogP contribution in [0, 0.1) is 11.8 Å². The highest BCUT2D eigenvalue weighted by Crippen LogP contribution is 2.23. The molecule has 0 saturated carbocycles. The third-order valence-corrected chi connectivity index (χ3v) is 3.08. The summed E-state index contributed by atoms with van der Waals surface area (Å²) in [6.07, 6.45) is 0.891. The Bertz CT molecular complexity index is 572. The molecule has 1 atom stereocenters. The molecule has 1 unspecified atom stereocenters. The summed E-state index contributed by atoms with van der Waals surface area (Å²) in [6, 6.07) is 6.73. The minimum absolute atomic E-state index is 0.122. The molecule has 5 heteroatoms. The number of hydrogen-bond donors (Lipinski definition) is 0. The van der Waals surface area contributed by atoms with Crippen molar-refractivity contribution >= 4 is 23.5 Å². The van der Waals surface area contributed by atoms with Crippen LogP contribution < -0.4 is 4.74 Å². The van der Waals surface area contributed by atoms with E-state index in [1.165, 1.54) is 0 Å². The number of esters is 2. The van der Waals surface area contributed by atoms with Crippen molar-refractivity contribution in [2.45, 2.75) is 45.6 Å². The van der Waals surface area contributed by atoms with Crippen molar-refractivity contribution < 1.29 is 19.1 Å². The Balaban J connectivity index is 2.31. The minimum atomic E-state index is -0.429. The van der Waals surface area contributed by atoms with Crippen LogP contribution in [0.4, 0.5) is 0 Å². The first-order chi connectivity index (χ1) is 10.6. The number of carbonyl (C=O) groups is 2. The van der Waals surface area contributed by atoms with E-state index in [1.807, 2.05) is 6.92 Å². The molecule has 0 aliphatic carbocycles. The molecule has 0 radical (unpaired) electrons. The van der Waals surface area contributed by atoms with Gasteiger partial charge in [0.1, 0.15) is 5.75 Å². The molecule has 118 valence electrons. The van der Waals surface area contributed by atoms with Crippen LogP contribution >= 0.6 is 11.6 Å². The zero-order chi connectivity index (χ0) is 16.4. The molecular formula is C17H19ClO4. The molecule has 1 aromatic carbocycles. The van der Waals surface area contributed by atoms with Gasteiger partial charge in [0.25, 0.3) is 0 Å². The van der Waals surface area contributed by atoms with E-state index in [9.17, 15) is 9.59 Å². The fourth-order valence-electron chi connectivity index (χ4n) is 1.67. The van der Waals surface area contributed by atoms with Crippen LogP contribution in [-0.4, -0.2) is 18.0 Å². The molecule has 1 rings (SSSR count). The Morgan fingerprint density at radius 3 is 2.55 bits per heavy atom. The van der Waals surface area contributed by atoms with E-state index in [-0.39, 0.29) is 24.9 Å². The summed E-state index contributed by atoms with van der Waals surface area (Å²) >= 11 is 5.89. The molecule has 0 saturated heterocycles. The topological polar surface area (TPSA) is 52.6 Å². The number of rotatable bonds is 7. The fourth-order valence-corrected chi connectivity index (χ4v) is 1.85. The lowest BCUT2D eigenvalue weighted by atomic mass is 10.2. The molecule has 0 N–H and O–H groups in total. The average Bonchev–Trinajstić information content (AvgIpc) is 2.49. The molecular weight excluding hydrogens is 304 g/mol. The van der Waals surface area contributed by atoms with Crippen LogP contribution in [0.15, 0.2) is 24.3 Å². The molecule has 0 aliphatic rings. The summed E-state index contributed by atoms with van der Waals surface area (Å²) in [5.41, 5.74) is 0. The van der Waals surface area contributed by atoms with E-state index < -0.39 is 5.97 Å². The zero-order valence-corrected chi connectivity index (χ0v) is 13.5. The van der Waals surface area contributed by atoms with Crippen molar-refractivity contribution in [3.8, 4) is 17.6 Å². The van der Waals surface area contributed by atoms with Crippen LogP contribution in [-0.2, 0) is 14.3 Å². The second-order valence-electron chi connectivity index (χ2n) is 4.54. The molecule has 0 aliphatic heterocycles. The van der Waals surface area contributed by atoms with Gasteiger partial charge in [-0.3, -0.25) is 9.59 Å². The first-order valence-corrected chi connectivity index (χ1v) is 7.51. The van der Waals surface area contributed by atoms with E-state index in [0.29, 0.717) is 23.6 Å². The second kappa shape index (κ2) is 9.86. The number of hydrogen-bond acceptors (Lipinski definition) is 4. The molecule has 4 nitrogen and oxygen atoms in total. The molecule has 0 bridgehead atoms. The number of halogens is 1. The van der Waals surface area contributed by atoms with Gasteiger partial charge in [-0.25, -0.2) is 0 Å². The van der Waals surface area contributed by atoms with Gasteiger partial charge in [-0.15, -0.1) is 5.92 Å². The third kappa shape index (κ3) is 6.64. The van der Waals surface area contributed by atoms with Crippen molar-refractivity contribution in [2.75, 3.05) is 0 Å². The number of ether oxygens (including phenoxy) is 2. The van der Waals surface area contributed by atoms with Crippen LogP contribution in [0.3, 0.4) is 0 Å². The lowest BCUT2D eigenvalue weighted by Crippen LogP contribution is -2.16. The van der Waals surface area contributed by atoms with Crippen LogP contribution in [0.2, 0.25) is 5.02 Å². The van der Waals surface area contributed by atoms with E-state index in [4.69, 9.17) is 21.1 Å². The third-order valence-electron chi connectivity index (χ3n) is 2.77. The maximum absolute atomic E-state index is 11.7. The number of carbonyl (C=O) groups excluding carboxylic acids is 2. The van der Waals surface area contributed by atoms with Crippen molar-refractivity contribution in [3.05, 3.63) is 29.3 Å². The highest BCUT2D eigenvalue weighted by molar-refractivity contribution is 6.32. The molecule has 0 amide bonds. The van der Waals surface area contributed by atoms with Gasteiger partial charge in [0, 0.05) is 12.8 Å². The molecule has 0 fully saturated rings. The largest absolute Gasteiger partial charge is 0.449 e. The maximum atomic E-state index is 11.7. The monoisotopic (exact) mass is 322 g/mol. The fraction of sp³-hybridized carbons (Fsp3) is 0.412. The lowest BCUT2D eigenvalue weighted by Gasteiger charge is -2.10. The van der Waals surface area contributed by atoms with Crippen LogP contribution in [0.1, 0.15) is 39.5 Å². The Morgan fingerprint density at radius 1 is 1.23 bits per heavy atom. The first kappa shape index (κ1) is 18.1. The van der Waals surface area contributed by atoms with E-state index >= 15 is 0 Å².